The SMILES string of the molecule is Cc1ccc(NC(=O)C2CCCOC2)cc1N. The van der Waals surface area contributed by atoms with Crippen LogP contribution in [0, 0.1) is 12.8 Å². The van der Waals surface area contributed by atoms with Gasteiger partial charge in [0.2, 0.25) is 5.91 Å². The van der Waals surface area contributed by atoms with Gasteiger partial charge in [0.15, 0.2) is 0 Å². The van der Waals surface area contributed by atoms with Crippen LogP contribution >= 0.6 is 0 Å². The third-order valence-corrected chi connectivity index (χ3v) is 3.08. The van der Waals surface area contributed by atoms with E-state index in [1.165, 1.54) is 0 Å². The lowest BCUT2D eigenvalue weighted by atomic mass is 10.0. The first kappa shape index (κ1) is 11.9. The van der Waals surface area contributed by atoms with Crippen LogP contribution < -0.4 is 11.1 Å². The molecule has 1 amide bonds. The number of hydrogen-bond donors (Lipinski definition) is 2. The molecule has 0 saturated carbocycles. The summed E-state index contributed by atoms with van der Waals surface area (Å²) < 4.78 is 5.30. The summed E-state index contributed by atoms with van der Waals surface area (Å²) in [6, 6.07) is 5.56. The molecule has 4 nitrogen and oxygen atoms in total. The van der Waals surface area contributed by atoms with Gasteiger partial charge in [0.05, 0.1) is 12.5 Å². The number of amides is 1. The van der Waals surface area contributed by atoms with Crippen LogP contribution in [-0.2, 0) is 9.53 Å². The van der Waals surface area contributed by atoms with E-state index in [4.69, 9.17) is 10.5 Å². The Morgan fingerprint density at radius 3 is 3.00 bits per heavy atom. The Hall–Kier alpha value is -1.55. The maximum absolute atomic E-state index is 11.9. The molecule has 0 aliphatic carbocycles. The van der Waals surface area contributed by atoms with E-state index in [-0.39, 0.29) is 11.8 Å². The van der Waals surface area contributed by atoms with Crippen molar-refractivity contribution < 1.29 is 9.53 Å². The van der Waals surface area contributed by atoms with Crippen molar-refractivity contribution in [3.63, 3.8) is 0 Å². The van der Waals surface area contributed by atoms with Gasteiger partial charge in [0.1, 0.15) is 0 Å². The lowest BCUT2D eigenvalue weighted by molar-refractivity contribution is -0.123. The number of rotatable bonds is 2. The fourth-order valence-corrected chi connectivity index (χ4v) is 1.91. The highest BCUT2D eigenvalue weighted by atomic mass is 16.5. The topological polar surface area (TPSA) is 64.3 Å². The summed E-state index contributed by atoms with van der Waals surface area (Å²) in [5, 5.41) is 2.88. The second-order valence-corrected chi connectivity index (χ2v) is 4.47. The first-order valence-corrected chi connectivity index (χ1v) is 5.91. The molecule has 92 valence electrons. The Morgan fingerprint density at radius 2 is 2.35 bits per heavy atom. The van der Waals surface area contributed by atoms with E-state index in [1.807, 2.05) is 19.1 Å². The molecule has 1 unspecified atom stereocenters. The zero-order valence-corrected chi connectivity index (χ0v) is 10.0. The number of ether oxygens (including phenoxy) is 1. The Kier molecular flexibility index (Phi) is 3.64. The van der Waals surface area contributed by atoms with E-state index in [9.17, 15) is 4.79 Å². The Morgan fingerprint density at radius 1 is 1.53 bits per heavy atom. The average molecular weight is 234 g/mol. The van der Waals surface area contributed by atoms with E-state index >= 15 is 0 Å². The highest BCUT2D eigenvalue weighted by Crippen LogP contribution is 2.20. The first-order valence-electron chi connectivity index (χ1n) is 5.91. The van der Waals surface area contributed by atoms with Gasteiger partial charge in [-0.15, -0.1) is 0 Å². The van der Waals surface area contributed by atoms with Crippen LogP contribution in [0.3, 0.4) is 0 Å². The molecule has 1 saturated heterocycles. The van der Waals surface area contributed by atoms with Crippen molar-refractivity contribution in [2.75, 3.05) is 24.3 Å². The van der Waals surface area contributed by atoms with Gasteiger partial charge in [-0.3, -0.25) is 4.79 Å². The normalized spacial score (nSPS) is 19.9. The molecule has 0 aromatic heterocycles. The van der Waals surface area contributed by atoms with Gasteiger partial charge in [-0.05, 0) is 37.5 Å². The summed E-state index contributed by atoms with van der Waals surface area (Å²) in [5.74, 6) is -0.0146. The van der Waals surface area contributed by atoms with Gasteiger partial charge in [-0.25, -0.2) is 0 Å². The predicted molar refractivity (Wildman–Crippen MR) is 67.8 cm³/mol. The number of carbonyl (C=O) groups is 1. The third-order valence-electron chi connectivity index (χ3n) is 3.08. The van der Waals surface area contributed by atoms with E-state index < -0.39 is 0 Å². The number of nitrogen functional groups attached to an aromatic ring is 1. The molecule has 1 aromatic rings. The average Bonchev–Trinajstić information content (AvgIpc) is 2.35. The van der Waals surface area contributed by atoms with Crippen LogP contribution in [0.1, 0.15) is 18.4 Å². The summed E-state index contributed by atoms with van der Waals surface area (Å²) in [4.78, 5) is 11.9. The number of benzene rings is 1. The summed E-state index contributed by atoms with van der Waals surface area (Å²) in [6.45, 7) is 3.23. The van der Waals surface area contributed by atoms with Crippen LogP contribution in [-0.4, -0.2) is 19.1 Å². The molecule has 2 rings (SSSR count). The van der Waals surface area contributed by atoms with Gasteiger partial charge in [0, 0.05) is 18.0 Å². The Labute approximate surface area is 101 Å². The molecule has 1 fully saturated rings. The molecule has 1 aromatic carbocycles. The molecule has 1 heterocycles. The number of nitrogens with two attached hydrogens (primary N) is 1. The number of carbonyl (C=O) groups excluding carboxylic acids is 1. The standard InChI is InChI=1S/C13H18N2O2/c1-9-4-5-11(7-12(9)14)15-13(16)10-3-2-6-17-8-10/h4-5,7,10H,2-3,6,8,14H2,1H3,(H,15,16). The molecular formula is C13H18N2O2. The third kappa shape index (κ3) is 2.97. The van der Waals surface area contributed by atoms with Gasteiger partial charge < -0.3 is 15.8 Å². The molecule has 4 heteroatoms. The van der Waals surface area contributed by atoms with Crippen molar-refractivity contribution in [3.05, 3.63) is 23.8 Å². The van der Waals surface area contributed by atoms with Crippen LogP contribution in [0.4, 0.5) is 11.4 Å². The van der Waals surface area contributed by atoms with Crippen LogP contribution in [0.5, 0.6) is 0 Å². The van der Waals surface area contributed by atoms with Crippen molar-refractivity contribution in [3.8, 4) is 0 Å². The summed E-state index contributed by atoms with van der Waals surface area (Å²) >= 11 is 0. The van der Waals surface area contributed by atoms with Gasteiger partial charge >= 0.3 is 0 Å². The molecular weight excluding hydrogens is 216 g/mol. The van der Waals surface area contributed by atoms with Gasteiger partial charge in [-0.2, -0.15) is 0 Å². The molecule has 0 bridgehead atoms. The molecule has 0 spiro atoms. The molecule has 3 N–H and O–H groups in total. The second-order valence-electron chi connectivity index (χ2n) is 4.47. The van der Waals surface area contributed by atoms with E-state index in [2.05, 4.69) is 5.32 Å². The number of hydrogen-bond acceptors (Lipinski definition) is 3. The Balaban J connectivity index is 1.99. The molecule has 17 heavy (non-hydrogen) atoms. The zero-order valence-electron chi connectivity index (χ0n) is 10.0. The van der Waals surface area contributed by atoms with E-state index in [0.717, 1.165) is 30.7 Å². The van der Waals surface area contributed by atoms with Crippen molar-refractivity contribution in [2.45, 2.75) is 19.8 Å². The summed E-state index contributed by atoms with van der Waals surface area (Å²) in [7, 11) is 0. The largest absolute Gasteiger partial charge is 0.398 e. The quantitative estimate of drug-likeness (QED) is 0.769. The van der Waals surface area contributed by atoms with Crippen LogP contribution in [0.2, 0.25) is 0 Å². The lowest BCUT2D eigenvalue weighted by Crippen LogP contribution is -2.30. The minimum absolute atomic E-state index is 0.0213. The highest BCUT2D eigenvalue weighted by molar-refractivity contribution is 5.93. The second kappa shape index (κ2) is 5.19. The summed E-state index contributed by atoms with van der Waals surface area (Å²) in [6.07, 6.45) is 1.85. The number of anilines is 2. The van der Waals surface area contributed by atoms with Gasteiger partial charge in [-0.1, -0.05) is 6.07 Å². The molecule has 1 aliphatic heterocycles. The zero-order chi connectivity index (χ0) is 12.3. The highest BCUT2D eigenvalue weighted by Gasteiger charge is 2.21. The fourth-order valence-electron chi connectivity index (χ4n) is 1.91. The van der Waals surface area contributed by atoms with Crippen LogP contribution in [0.25, 0.3) is 0 Å². The molecule has 0 radical (unpaired) electrons. The summed E-state index contributed by atoms with van der Waals surface area (Å²) in [5.41, 5.74) is 8.27. The van der Waals surface area contributed by atoms with Crippen molar-refractivity contribution >= 4 is 17.3 Å². The minimum atomic E-state index is -0.0359. The predicted octanol–water partition coefficient (Wildman–Crippen LogP) is 1.94. The van der Waals surface area contributed by atoms with E-state index in [1.54, 1.807) is 6.07 Å². The van der Waals surface area contributed by atoms with Gasteiger partial charge in [0.25, 0.3) is 0 Å². The molecule has 1 atom stereocenters. The van der Waals surface area contributed by atoms with Crippen molar-refractivity contribution in [1.29, 1.82) is 0 Å². The maximum atomic E-state index is 11.9. The van der Waals surface area contributed by atoms with Crippen LogP contribution in [0.15, 0.2) is 18.2 Å². The minimum Gasteiger partial charge on any atom is -0.398 e. The monoisotopic (exact) mass is 234 g/mol. The molecule has 1 aliphatic rings. The first-order chi connectivity index (χ1) is 8.16. The fraction of sp³-hybridized carbons (Fsp3) is 0.462. The number of nitrogens with one attached hydrogen (secondary N) is 1. The lowest BCUT2D eigenvalue weighted by Gasteiger charge is -2.21. The van der Waals surface area contributed by atoms with E-state index in [0.29, 0.717) is 12.3 Å². The Bertz CT molecular complexity index is 412. The van der Waals surface area contributed by atoms with Crippen molar-refractivity contribution in [2.24, 2.45) is 5.92 Å². The smallest absolute Gasteiger partial charge is 0.229 e. The number of aryl methyl sites for hydroxylation is 1. The maximum Gasteiger partial charge on any atom is 0.229 e. The van der Waals surface area contributed by atoms with Crippen molar-refractivity contribution in [1.82, 2.24) is 0 Å².